The van der Waals surface area contributed by atoms with Crippen LogP contribution >= 0.6 is 0 Å². The van der Waals surface area contributed by atoms with Crippen LogP contribution in [0.4, 0.5) is 0 Å². The Morgan fingerprint density at radius 2 is 1.07 bits per heavy atom. The van der Waals surface area contributed by atoms with E-state index in [4.69, 9.17) is 4.74 Å². The van der Waals surface area contributed by atoms with Crippen molar-refractivity contribution in [3.05, 3.63) is 0 Å². The van der Waals surface area contributed by atoms with Gasteiger partial charge in [-0.1, -0.05) is 104 Å². The quantitative estimate of drug-likeness (QED) is 0.144. The molecule has 0 aromatic heterocycles. The van der Waals surface area contributed by atoms with Crippen LogP contribution in [0, 0.1) is 0 Å². The molecule has 0 rings (SSSR count). The van der Waals surface area contributed by atoms with Crippen molar-refractivity contribution in [2.75, 3.05) is 0 Å². The van der Waals surface area contributed by atoms with E-state index in [1.807, 2.05) is 6.92 Å². The Hall–Kier alpha value is -0.570. The molecule has 0 saturated carbocycles. The predicted octanol–water partition coefficient (Wildman–Crippen LogP) is 8.12. The lowest BCUT2D eigenvalue weighted by Crippen LogP contribution is -2.14. The maximum atomic E-state index is 11.9. The first-order chi connectivity index (χ1) is 14.1. The fourth-order valence-corrected chi connectivity index (χ4v) is 3.86. The molecule has 3 nitrogen and oxygen atoms in total. The summed E-state index contributed by atoms with van der Waals surface area (Å²) in [5.41, 5.74) is 0. The summed E-state index contributed by atoms with van der Waals surface area (Å²) in [5, 5.41) is 9.97. The third-order valence-electron chi connectivity index (χ3n) is 5.86. The van der Waals surface area contributed by atoms with E-state index in [0.29, 0.717) is 6.42 Å². The molecule has 29 heavy (non-hydrogen) atoms. The van der Waals surface area contributed by atoms with Gasteiger partial charge in [0.1, 0.15) is 0 Å². The molecule has 174 valence electrons. The van der Waals surface area contributed by atoms with E-state index in [9.17, 15) is 9.90 Å². The summed E-state index contributed by atoms with van der Waals surface area (Å²) >= 11 is 0. The van der Waals surface area contributed by atoms with Gasteiger partial charge < -0.3 is 9.84 Å². The van der Waals surface area contributed by atoms with Crippen LogP contribution in [0.2, 0.25) is 0 Å². The summed E-state index contributed by atoms with van der Waals surface area (Å²) < 4.78 is 5.50. The van der Waals surface area contributed by atoms with Crippen molar-refractivity contribution in [3.63, 3.8) is 0 Å². The summed E-state index contributed by atoms with van der Waals surface area (Å²) in [6.45, 7) is 6.46. The molecule has 0 aliphatic heterocycles. The molecule has 0 aliphatic carbocycles. The zero-order valence-corrected chi connectivity index (χ0v) is 20.1. The summed E-state index contributed by atoms with van der Waals surface area (Å²) in [6, 6.07) is 0. The number of carbonyl (C=O) groups excluding carboxylic acids is 1. The van der Waals surface area contributed by atoms with E-state index in [1.54, 1.807) is 0 Å². The zero-order valence-electron chi connectivity index (χ0n) is 20.1. The largest absolute Gasteiger partial charge is 0.463 e. The first-order valence-corrected chi connectivity index (χ1v) is 13.0. The lowest BCUT2D eigenvalue weighted by molar-refractivity contribution is -0.148. The SMILES string of the molecule is CCCCCCC(O)CCCCCCCCCCC(=O)OC(C)CCCCCC. The Balaban J connectivity index is 3.32. The molecule has 0 spiro atoms. The lowest BCUT2D eigenvalue weighted by Gasteiger charge is -2.13. The molecular weight excluding hydrogens is 360 g/mol. The van der Waals surface area contributed by atoms with Gasteiger partial charge in [0.2, 0.25) is 0 Å². The molecular formula is C26H52O3. The van der Waals surface area contributed by atoms with Crippen molar-refractivity contribution in [1.29, 1.82) is 0 Å². The fourth-order valence-electron chi connectivity index (χ4n) is 3.86. The minimum Gasteiger partial charge on any atom is -0.463 e. The van der Waals surface area contributed by atoms with Crippen LogP contribution < -0.4 is 0 Å². The molecule has 0 aromatic carbocycles. The summed E-state index contributed by atoms with van der Waals surface area (Å²) in [5.74, 6) is -0.0127. The highest BCUT2D eigenvalue weighted by Crippen LogP contribution is 2.15. The zero-order chi connectivity index (χ0) is 21.6. The molecule has 0 saturated heterocycles. The number of aliphatic hydroxyl groups excluding tert-OH is 1. The van der Waals surface area contributed by atoms with Gasteiger partial charge in [0, 0.05) is 6.42 Å². The highest BCUT2D eigenvalue weighted by atomic mass is 16.5. The lowest BCUT2D eigenvalue weighted by atomic mass is 10.0. The van der Waals surface area contributed by atoms with Gasteiger partial charge in [0.05, 0.1) is 12.2 Å². The second kappa shape index (κ2) is 22.1. The summed E-state index contributed by atoms with van der Waals surface area (Å²) in [7, 11) is 0. The number of carbonyl (C=O) groups is 1. The Morgan fingerprint density at radius 1 is 0.655 bits per heavy atom. The van der Waals surface area contributed by atoms with Gasteiger partial charge in [-0.3, -0.25) is 4.79 Å². The van der Waals surface area contributed by atoms with Crippen molar-refractivity contribution in [1.82, 2.24) is 0 Å². The van der Waals surface area contributed by atoms with Crippen LogP contribution in [0.3, 0.4) is 0 Å². The van der Waals surface area contributed by atoms with Gasteiger partial charge >= 0.3 is 5.97 Å². The van der Waals surface area contributed by atoms with E-state index in [-0.39, 0.29) is 18.2 Å². The van der Waals surface area contributed by atoms with Crippen LogP contribution in [0.15, 0.2) is 0 Å². The highest BCUT2D eigenvalue weighted by Gasteiger charge is 2.09. The van der Waals surface area contributed by atoms with E-state index in [1.165, 1.54) is 83.5 Å². The Morgan fingerprint density at radius 3 is 1.59 bits per heavy atom. The number of ether oxygens (including phenoxy) is 1. The molecule has 1 N–H and O–H groups in total. The topological polar surface area (TPSA) is 46.5 Å². The number of hydrogen-bond donors (Lipinski definition) is 1. The van der Waals surface area contributed by atoms with Gasteiger partial charge in [-0.15, -0.1) is 0 Å². The number of hydrogen-bond acceptors (Lipinski definition) is 3. The third kappa shape index (κ3) is 21.9. The molecule has 3 heteroatoms. The number of rotatable bonds is 22. The second-order valence-corrected chi connectivity index (χ2v) is 9.02. The molecule has 2 unspecified atom stereocenters. The van der Waals surface area contributed by atoms with E-state index < -0.39 is 0 Å². The van der Waals surface area contributed by atoms with Gasteiger partial charge in [-0.2, -0.15) is 0 Å². The molecule has 0 bridgehead atoms. The maximum Gasteiger partial charge on any atom is 0.306 e. The molecule has 0 aliphatic rings. The first-order valence-electron chi connectivity index (χ1n) is 13.0. The average Bonchev–Trinajstić information content (AvgIpc) is 2.70. The second-order valence-electron chi connectivity index (χ2n) is 9.02. The Kier molecular flexibility index (Phi) is 21.7. The number of aliphatic hydroxyl groups is 1. The minimum atomic E-state index is -0.0781. The van der Waals surface area contributed by atoms with Crippen molar-refractivity contribution < 1.29 is 14.6 Å². The van der Waals surface area contributed by atoms with Gasteiger partial charge in [0.15, 0.2) is 0 Å². The standard InChI is InChI=1S/C26H52O3/c1-4-6-8-16-20-24(3)29-26(28)23-19-15-13-11-10-12-14-18-22-25(27)21-17-9-7-5-2/h24-25,27H,4-23H2,1-3H3. The van der Waals surface area contributed by atoms with Crippen molar-refractivity contribution >= 4 is 5.97 Å². The average molecular weight is 413 g/mol. The fraction of sp³-hybridized carbons (Fsp3) is 0.962. The van der Waals surface area contributed by atoms with Crippen LogP contribution in [0.25, 0.3) is 0 Å². The summed E-state index contributed by atoms with van der Waals surface area (Å²) in [4.78, 5) is 11.9. The third-order valence-corrected chi connectivity index (χ3v) is 5.86. The van der Waals surface area contributed by atoms with E-state index >= 15 is 0 Å². The van der Waals surface area contributed by atoms with Crippen molar-refractivity contribution in [2.45, 2.75) is 161 Å². The number of esters is 1. The van der Waals surface area contributed by atoms with E-state index in [0.717, 1.165) is 38.5 Å². The van der Waals surface area contributed by atoms with Crippen molar-refractivity contribution in [2.24, 2.45) is 0 Å². The van der Waals surface area contributed by atoms with E-state index in [2.05, 4.69) is 13.8 Å². The normalized spacial score (nSPS) is 13.4. The van der Waals surface area contributed by atoms with Crippen LogP contribution in [-0.2, 0) is 9.53 Å². The van der Waals surface area contributed by atoms with Gasteiger partial charge in [-0.25, -0.2) is 0 Å². The molecule has 0 amide bonds. The first kappa shape index (κ1) is 28.4. The molecule has 0 aromatic rings. The molecule has 0 fully saturated rings. The predicted molar refractivity (Wildman–Crippen MR) is 125 cm³/mol. The number of unbranched alkanes of at least 4 members (excludes halogenated alkanes) is 13. The Labute approximate surface area is 182 Å². The molecule has 0 heterocycles. The minimum absolute atomic E-state index is 0.0127. The van der Waals surface area contributed by atoms with Gasteiger partial charge in [-0.05, 0) is 39.0 Å². The van der Waals surface area contributed by atoms with Crippen molar-refractivity contribution in [3.8, 4) is 0 Å². The van der Waals surface area contributed by atoms with Crippen LogP contribution in [0.1, 0.15) is 149 Å². The maximum absolute atomic E-state index is 11.9. The monoisotopic (exact) mass is 412 g/mol. The Bertz CT molecular complexity index is 343. The smallest absolute Gasteiger partial charge is 0.306 e. The van der Waals surface area contributed by atoms with Crippen LogP contribution in [0.5, 0.6) is 0 Å². The highest BCUT2D eigenvalue weighted by molar-refractivity contribution is 5.69. The van der Waals surface area contributed by atoms with Gasteiger partial charge in [0.25, 0.3) is 0 Å². The molecule has 0 radical (unpaired) electrons. The summed E-state index contributed by atoms with van der Waals surface area (Å²) in [6.07, 6.45) is 23.1. The molecule has 2 atom stereocenters. The van der Waals surface area contributed by atoms with Crippen LogP contribution in [-0.4, -0.2) is 23.3 Å².